The molecule has 4 heteroatoms. The number of pyridine rings is 1. The quantitative estimate of drug-likeness (QED) is 0.880. The fourth-order valence-electron chi connectivity index (χ4n) is 2.10. The summed E-state index contributed by atoms with van der Waals surface area (Å²) in [7, 11) is 0. The number of amides is 2. The average molecular weight is 257 g/mol. The lowest BCUT2D eigenvalue weighted by molar-refractivity contribution is 0.248. The number of benzene rings is 1. The Morgan fingerprint density at radius 1 is 1.32 bits per heavy atom. The van der Waals surface area contributed by atoms with Crippen molar-refractivity contribution >= 4 is 22.6 Å². The highest BCUT2D eigenvalue weighted by molar-refractivity contribution is 6.00. The molecule has 0 radical (unpaired) electrons. The molecule has 0 saturated heterocycles. The Morgan fingerprint density at radius 2 is 2.16 bits per heavy atom. The molecule has 2 aromatic rings. The minimum Gasteiger partial charge on any atom is -0.335 e. The van der Waals surface area contributed by atoms with Gasteiger partial charge in [-0.2, -0.15) is 0 Å². The molecular weight excluding hydrogens is 238 g/mol. The third kappa shape index (κ3) is 3.44. The van der Waals surface area contributed by atoms with Gasteiger partial charge < -0.3 is 10.6 Å². The SMILES string of the molecule is CCC[C@@H](C)NC(=O)Nc1cccc2ncccc12. The second-order valence-electron chi connectivity index (χ2n) is 4.66. The smallest absolute Gasteiger partial charge is 0.319 e. The van der Waals surface area contributed by atoms with Crippen molar-refractivity contribution in [2.75, 3.05) is 5.32 Å². The zero-order chi connectivity index (χ0) is 13.7. The number of carbonyl (C=O) groups is 1. The maximum atomic E-state index is 11.9. The summed E-state index contributed by atoms with van der Waals surface area (Å²) in [6, 6.07) is 9.53. The van der Waals surface area contributed by atoms with Crippen LogP contribution in [0, 0.1) is 0 Å². The summed E-state index contributed by atoms with van der Waals surface area (Å²) >= 11 is 0. The molecule has 100 valence electrons. The first-order valence-electron chi connectivity index (χ1n) is 6.62. The molecule has 2 rings (SSSR count). The lowest BCUT2D eigenvalue weighted by atomic mass is 10.2. The van der Waals surface area contributed by atoms with Crippen LogP contribution in [0.1, 0.15) is 26.7 Å². The van der Waals surface area contributed by atoms with Crippen LogP contribution in [-0.2, 0) is 0 Å². The third-order valence-electron chi connectivity index (χ3n) is 2.99. The summed E-state index contributed by atoms with van der Waals surface area (Å²) in [6.07, 6.45) is 3.78. The van der Waals surface area contributed by atoms with Gasteiger partial charge >= 0.3 is 6.03 Å². The van der Waals surface area contributed by atoms with Crippen molar-refractivity contribution in [1.29, 1.82) is 0 Å². The van der Waals surface area contributed by atoms with Gasteiger partial charge in [0.15, 0.2) is 0 Å². The number of rotatable bonds is 4. The molecule has 0 spiro atoms. The first kappa shape index (κ1) is 13.3. The molecule has 1 atom stereocenters. The van der Waals surface area contributed by atoms with Crippen molar-refractivity contribution in [3.8, 4) is 0 Å². The molecule has 19 heavy (non-hydrogen) atoms. The monoisotopic (exact) mass is 257 g/mol. The largest absolute Gasteiger partial charge is 0.335 e. The highest BCUT2D eigenvalue weighted by Gasteiger charge is 2.08. The van der Waals surface area contributed by atoms with Crippen molar-refractivity contribution in [3.63, 3.8) is 0 Å². The third-order valence-corrected chi connectivity index (χ3v) is 2.99. The number of nitrogens with zero attached hydrogens (tertiary/aromatic N) is 1. The van der Waals surface area contributed by atoms with Crippen LogP contribution >= 0.6 is 0 Å². The van der Waals surface area contributed by atoms with Crippen molar-refractivity contribution in [1.82, 2.24) is 10.3 Å². The first-order valence-corrected chi connectivity index (χ1v) is 6.62. The van der Waals surface area contributed by atoms with Gasteiger partial charge in [0, 0.05) is 17.6 Å². The van der Waals surface area contributed by atoms with Gasteiger partial charge in [-0.15, -0.1) is 0 Å². The van der Waals surface area contributed by atoms with E-state index in [9.17, 15) is 4.79 Å². The van der Waals surface area contributed by atoms with Crippen LogP contribution in [0.2, 0.25) is 0 Å². The number of hydrogen-bond donors (Lipinski definition) is 2. The van der Waals surface area contributed by atoms with Crippen molar-refractivity contribution < 1.29 is 4.79 Å². The maximum absolute atomic E-state index is 11.9. The number of carbonyl (C=O) groups excluding carboxylic acids is 1. The van der Waals surface area contributed by atoms with Gasteiger partial charge in [-0.25, -0.2) is 4.79 Å². The molecule has 0 aliphatic rings. The fraction of sp³-hybridized carbons (Fsp3) is 0.333. The number of urea groups is 1. The molecule has 4 nitrogen and oxygen atoms in total. The Labute approximate surface area is 113 Å². The van der Waals surface area contributed by atoms with Crippen LogP contribution in [0.4, 0.5) is 10.5 Å². The zero-order valence-electron chi connectivity index (χ0n) is 11.3. The molecule has 0 bridgehead atoms. The first-order chi connectivity index (χ1) is 9.20. The molecule has 2 amide bonds. The standard InChI is InChI=1S/C15H19N3O/c1-3-6-11(2)17-15(19)18-14-9-4-8-13-12(14)7-5-10-16-13/h4-5,7-11H,3,6H2,1-2H3,(H2,17,18,19)/t11-/m1/s1. The van der Waals surface area contributed by atoms with E-state index in [1.807, 2.05) is 37.3 Å². The van der Waals surface area contributed by atoms with Crippen LogP contribution in [0.5, 0.6) is 0 Å². The van der Waals surface area contributed by atoms with Crippen molar-refractivity contribution in [2.24, 2.45) is 0 Å². The lowest BCUT2D eigenvalue weighted by Gasteiger charge is -2.14. The van der Waals surface area contributed by atoms with Crippen molar-refractivity contribution in [2.45, 2.75) is 32.7 Å². The highest BCUT2D eigenvalue weighted by atomic mass is 16.2. The van der Waals surface area contributed by atoms with Crippen LogP contribution in [0.25, 0.3) is 10.9 Å². The van der Waals surface area contributed by atoms with E-state index in [-0.39, 0.29) is 12.1 Å². The minimum absolute atomic E-state index is 0.169. The molecule has 0 saturated carbocycles. The molecule has 1 aromatic heterocycles. The van der Waals surface area contributed by atoms with Gasteiger partial charge in [0.25, 0.3) is 0 Å². The maximum Gasteiger partial charge on any atom is 0.319 e. The summed E-state index contributed by atoms with van der Waals surface area (Å²) in [6.45, 7) is 4.11. The van der Waals surface area contributed by atoms with Gasteiger partial charge in [-0.3, -0.25) is 4.98 Å². The number of hydrogen-bond acceptors (Lipinski definition) is 2. The molecule has 0 unspecified atom stereocenters. The highest BCUT2D eigenvalue weighted by Crippen LogP contribution is 2.21. The molecule has 0 aliphatic heterocycles. The van der Waals surface area contributed by atoms with Gasteiger partial charge in [0.2, 0.25) is 0 Å². The Morgan fingerprint density at radius 3 is 2.95 bits per heavy atom. The van der Waals surface area contributed by atoms with E-state index in [4.69, 9.17) is 0 Å². The fourth-order valence-corrected chi connectivity index (χ4v) is 2.10. The molecule has 2 N–H and O–H groups in total. The number of anilines is 1. The van der Waals surface area contributed by atoms with E-state index in [0.29, 0.717) is 0 Å². The second-order valence-corrected chi connectivity index (χ2v) is 4.66. The van der Waals surface area contributed by atoms with Gasteiger partial charge in [-0.1, -0.05) is 19.4 Å². The number of nitrogens with one attached hydrogen (secondary N) is 2. The summed E-state index contributed by atoms with van der Waals surface area (Å²) in [5, 5.41) is 6.76. The average Bonchev–Trinajstić information content (AvgIpc) is 2.39. The van der Waals surface area contributed by atoms with Crippen LogP contribution in [-0.4, -0.2) is 17.1 Å². The van der Waals surface area contributed by atoms with Crippen LogP contribution in [0.15, 0.2) is 36.5 Å². The van der Waals surface area contributed by atoms with E-state index in [2.05, 4.69) is 22.5 Å². The predicted molar refractivity (Wildman–Crippen MR) is 78.3 cm³/mol. The minimum atomic E-state index is -0.169. The zero-order valence-corrected chi connectivity index (χ0v) is 11.3. The van der Waals surface area contributed by atoms with Crippen molar-refractivity contribution in [3.05, 3.63) is 36.5 Å². The Hall–Kier alpha value is -2.10. The Balaban J connectivity index is 2.11. The molecular formula is C15H19N3O. The van der Waals surface area contributed by atoms with E-state index in [0.717, 1.165) is 29.4 Å². The van der Waals surface area contributed by atoms with E-state index >= 15 is 0 Å². The van der Waals surface area contributed by atoms with Gasteiger partial charge in [0.1, 0.15) is 0 Å². The van der Waals surface area contributed by atoms with Crippen LogP contribution < -0.4 is 10.6 Å². The van der Waals surface area contributed by atoms with E-state index < -0.39 is 0 Å². The number of aromatic nitrogens is 1. The van der Waals surface area contributed by atoms with Gasteiger partial charge in [-0.05, 0) is 37.6 Å². The molecule has 0 aliphatic carbocycles. The Kier molecular flexibility index (Phi) is 4.34. The summed E-state index contributed by atoms with van der Waals surface area (Å²) in [4.78, 5) is 16.2. The predicted octanol–water partition coefficient (Wildman–Crippen LogP) is 3.54. The summed E-state index contributed by atoms with van der Waals surface area (Å²) < 4.78 is 0. The topological polar surface area (TPSA) is 54.0 Å². The number of fused-ring (bicyclic) bond motifs is 1. The lowest BCUT2D eigenvalue weighted by Crippen LogP contribution is -2.35. The second kappa shape index (κ2) is 6.18. The van der Waals surface area contributed by atoms with E-state index in [1.54, 1.807) is 6.20 Å². The van der Waals surface area contributed by atoms with Crippen LogP contribution in [0.3, 0.4) is 0 Å². The van der Waals surface area contributed by atoms with Gasteiger partial charge in [0.05, 0.1) is 11.2 Å². The summed E-state index contributed by atoms with van der Waals surface area (Å²) in [5.74, 6) is 0. The molecule has 1 heterocycles. The summed E-state index contributed by atoms with van der Waals surface area (Å²) in [5.41, 5.74) is 1.66. The Bertz CT molecular complexity index is 563. The molecule has 0 fully saturated rings. The van der Waals surface area contributed by atoms with E-state index in [1.165, 1.54) is 0 Å². The normalized spacial score (nSPS) is 12.1. The molecule has 1 aromatic carbocycles.